The molecule has 0 fully saturated rings. The fraction of sp³-hybridized carbons (Fsp3) is 0.300. The summed E-state index contributed by atoms with van der Waals surface area (Å²) in [6.45, 7) is 6.56. The van der Waals surface area contributed by atoms with Gasteiger partial charge in [-0.15, -0.1) is 0 Å². The van der Waals surface area contributed by atoms with Crippen LogP contribution in [0.5, 0.6) is 0 Å². The zero-order valence-electron chi connectivity index (χ0n) is 15.8. The van der Waals surface area contributed by atoms with Crippen LogP contribution in [-0.4, -0.2) is 23.7 Å². The van der Waals surface area contributed by atoms with Crippen molar-refractivity contribution in [2.75, 3.05) is 10.6 Å². The monoisotopic (exact) mass is 396 g/mol. The van der Waals surface area contributed by atoms with Gasteiger partial charge < -0.3 is 10.6 Å². The highest BCUT2D eigenvalue weighted by molar-refractivity contribution is 6.05. The number of carbonyl (C=O) groups excluding carboxylic acids is 2. The summed E-state index contributed by atoms with van der Waals surface area (Å²) in [5, 5.41) is 3.54. The van der Waals surface area contributed by atoms with E-state index in [-0.39, 0.29) is 11.4 Å². The van der Waals surface area contributed by atoms with Gasteiger partial charge in [0, 0.05) is 11.4 Å². The van der Waals surface area contributed by atoms with Crippen molar-refractivity contribution >= 4 is 23.2 Å². The average molecular weight is 396 g/mol. The third-order valence-corrected chi connectivity index (χ3v) is 4.22. The molecule has 4 nitrogen and oxygen atoms in total. The predicted molar refractivity (Wildman–Crippen MR) is 99.0 cm³/mol. The first-order valence-electron chi connectivity index (χ1n) is 8.39. The molecule has 2 N–H and O–H groups in total. The van der Waals surface area contributed by atoms with E-state index in [1.165, 1.54) is 38.1 Å². The molecule has 0 unspecified atom stereocenters. The summed E-state index contributed by atoms with van der Waals surface area (Å²) in [5.41, 5.74) is 2.38. The predicted octanol–water partition coefficient (Wildman–Crippen LogP) is 4.77. The Kier molecular flexibility index (Phi) is 5.82. The minimum absolute atomic E-state index is 0.0409. The van der Waals surface area contributed by atoms with Gasteiger partial charge in [0.15, 0.2) is 0 Å². The Morgan fingerprint density at radius 3 is 1.29 bits per heavy atom. The SMILES string of the molecule is Cc1ccc(NC(=O)C(F)(F)C(F)(F)C(=O)Nc2ccc(C)cc2C)c(C)c1. The maximum atomic E-state index is 14.2. The molecule has 0 bridgehead atoms. The molecule has 150 valence electrons. The molecule has 2 rings (SSSR count). The number of rotatable bonds is 5. The molecule has 2 aromatic carbocycles. The molecule has 2 aromatic rings. The lowest BCUT2D eigenvalue weighted by Crippen LogP contribution is -2.56. The van der Waals surface area contributed by atoms with Crippen molar-refractivity contribution in [1.82, 2.24) is 0 Å². The maximum Gasteiger partial charge on any atom is 0.396 e. The summed E-state index contributed by atoms with van der Waals surface area (Å²) in [6.07, 6.45) is 0. The number of aryl methyl sites for hydroxylation is 4. The molecule has 0 aliphatic rings. The van der Waals surface area contributed by atoms with Gasteiger partial charge in [-0.05, 0) is 51.0 Å². The Labute approximate surface area is 159 Å². The number of halogens is 4. The first kappa shape index (κ1) is 21.4. The highest BCUT2D eigenvalue weighted by atomic mass is 19.3. The zero-order chi connectivity index (χ0) is 21.3. The molecular formula is C20H20F4N2O2. The number of nitrogens with one attached hydrogen (secondary N) is 2. The third kappa shape index (κ3) is 4.16. The van der Waals surface area contributed by atoms with Gasteiger partial charge in [-0.2, -0.15) is 17.6 Å². The number of benzene rings is 2. The molecule has 0 aliphatic heterocycles. The van der Waals surface area contributed by atoms with Gasteiger partial charge in [0.2, 0.25) is 0 Å². The number of anilines is 2. The van der Waals surface area contributed by atoms with Crippen LogP contribution in [0, 0.1) is 27.7 Å². The lowest BCUT2D eigenvalue weighted by Gasteiger charge is -2.25. The number of carbonyl (C=O) groups is 2. The molecule has 8 heteroatoms. The van der Waals surface area contributed by atoms with Crippen molar-refractivity contribution in [3.63, 3.8) is 0 Å². The molecular weight excluding hydrogens is 376 g/mol. The first-order chi connectivity index (χ1) is 12.9. The van der Waals surface area contributed by atoms with E-state index >= 15 is 0 Å². The summed E-state index contributed by atoms with van der Waals surface area (Å²) in [5.74, 6) is -15.0. The van der Waals surface area contributed by atoms with E-state index in [0.717, 1.165) is 11.1 Å². The zero-order valence-corrected chi connectivity index (χ0v) is 15.8. The lowest BCUT2D eigenvalue weighted by molar-refractivity contribution is -0.204. The molecule has 0 saturated heterocycles. The van der Waals surface area contributed by atoms with Gasteiger partial charge in [-0.3, -0.25) is 9.59 Å². The van der Waals surface area contributed by atoms with Crippen molar-refractivity contribution in [3.8, 4) is 0 Å². The standard InChI is InChI=1S/C20H20F4N2O2/c1-11-5-7-15(13(3)9-11)25-17(27)19(21,22)20(23,24)18(28)26-16-8-6-12(2)10-14(16)4/h5-10H,1-4H3,(H,25,27)(H,26,28). The molecule has 0 aliphatic carbocycles. The molecule has 2 amide bonds. The highest BCUT2D eigenvalue weighted by Gasteiger charge is 2.67. The van der Waals surface area contributed by atoms with Crippen LogP contribution in [0.2, 0.25) is 0 Å². The minimum Gasteiger partial charge on any atom is -0.320 e. The second kappa shape index (κ2) is 7.61. The van der Waals surface area contributed by atoms with Crippen LogP contribution in [-0.2, 0) is 9.59 Å². The summed E-state index contributed by atoms with van der Waals surface area (Å²) in [4.78, 5) is 23.7. The van der Waals surface area contributed by atoms with Gasteiger partial charge in [-0.1, -0.05) is 35.4 Å². The van der Waals surface area contributed by atoms with E-state index in [9.17, 15) is 27.2 Å². The van der Waals surface area contributed by atoms with E-state index in [4.69, 9.17) is 0 Å². The normalized spacial score (nSPS) is 11.9. The summed E-state index contributed by atoms with van der Waals surface area (Å²) in [6, 6.07) is 8.91. The fourth-order valence-electron chi connectivity index (χ4n) is 2.59. The van der Waals surface area contributed by atoms with Gasteiger partial charge in [0.05, 0.1) is 0 Å². The first-order valence-corrected chi connectivity index (χ1v) is 8.39. The molecule has 28 heavy (non-hydrogen) atoms. The van der Waals surface area contributed by atoms with Gasteiger partial charge in [-0.25, -0.2) is 0 Å². The van der Waals surface area contributed by atoms with Crippen molar-refractivity contribution < 1.29 is 27.2 Å². The van der Waals surface area contributed by atoms with E-state index in [1.807, 2.05) is 0 Å². The smallest absolute Gasteiger partial charge is 0.320 e. The van der Waals surface area contributed by atoms with Crippen LogP contribution < -0.4 is 10.6 Å². The van der Waals surface area contributed by atoms with Crippen LogP contribution in [0.15, 0.2) is 36.4 Å². The second-order valence-electron chi connectivity index (χ2n) is 6.69. The Morgan fingerprint density at radius 1 is 0.679 bits per heavy atom. The number of hydrogen-bond donors (Lipinski definition) is 2. The number of hydrogen-bond acceptors (Lipinski definition) is 2. The van der Waals surface area contributed by atoms with E-state index in [1.54, 1.807) is 36.6 Å². The third-order valence-electron chi connectivity index (χ3n) is 4.22. The summed E-state index contributed by atoms with van der Waals surface area (Å²) < 4.78 is 56.7. The van der Waals surface area contributed by atoms with Crippen molar-refractivity contribution in [3.05, 3.63) is 58.7 Å². The van der Waals surface area contributed by atoms with Crippen molar-refractivity contribution in [2.45, 2.75) is 39.5 Å². The van der Waals surface area contributed by atoms with Crippen LogP contribution >= 0.6 is 0 Å². The fourth-order valence-corrected chi connectivity index (χ4v) is 2.59. The lowest BCUT2D eigenvalue weighted by atomic mass is 10.1. The molecule has 0 saturated carbocycles. The summed E-state index contributed by atoms with van der Waals surface area (Å²) in [7, 11) is 0. The number of alkyl halides is 4. The largest absolute Gasteiger partial charge is 0.396 e. The Morgan fingerprint density at radius 2 is 1.00 bits per heavy atom. The van der Waals surface area contributed by atoms with Gasteiger partial charge in [0.25, 0.3) is 0 Å². The van der Waals surface area contributed by atoms with Crippen molar-refractivity contribution in [2.24, 2.45) is 0 Å². The molecule has 0 aromatic heterocycles. The van der Waals surface area contributed by atoms with Crippen LogP contribution in [0.3, 0.4) is 0 Å². The van der Waals surface area contributed by atoms with E-state index < -0.39 is 23.7 Å². The van der Waals surface area contributed by atoms with Crippen LogP contribution in [0.1, 0.15) is 22.3 Å². The average Bonchev–Trinajstić information content (AvgIpc) is 2.59. The van der Waals surface area contributed by atoms with Gasteiger partial charge in [0.1, 0.15) is 0 Å². The Hall–Kier alpha value is -2.90. The van der Waals surface area contributed by atoms with E-state index in [2.05, 4.69) is 0 Å². The van der Waals surface area contributed by atoms with E-state index in [0.29, 0.717) is 11.1 Å². The minimum atomic E-state index is -5.26. The molecule has 0 atom stereocenters. The molecule has 0 spiro atoms. The van der Waals surface area contributed by atoms with Crippen molar-refractivity contribution in [1.29, 1.82) is 0 Å². The van der Waals surface area contributed by atoms with Crippen LogP contribution in [0.25, 0.3) is 0 Å². The van der Waals surface area contributed by atoms with Crippen LogP contribution in [0.4, 0.5) is 28.9 Å². The molecule has 0 heterocycles. The Balaban J connectivity index is 2.23. The summed E-state index contributed by atoms with van der Waals surface area (Å²) >= 11 is 0. The topological polar surface area (TPSA) is 58.2 Å². The quantitative estimate of drug-likeness (QED) is 0.716. The van der Waals surface area contributed by atoms with Gasteiger partial charge >= 0.3 is 23.7 Å². The maximum absolute atomic E-state index is 14.2. The Bertz CT molecular complexity index is 851. The molecule has 0 radical (unpaired) electrons. The second-order valence-corrected chi connectivity index (χ2v) is 6.69. The number of amides is 2. The highest BCUT2D eigenvalue weighted by Crippen LogP contribution is 2.37.